The Morgan fingerprint density at radius 2 is 2.17 bits per heavy atom. The SMILES string of the molecule is CCC#CCOc1nsc(N2CCC(C)CC2)n1. The molecule has 4 nitrogen and oxygen atoms in total. The van der Waals surface area contributed by atoms with Crippen molar-refractivity contribution in [1.29, 1.82) is 0 Å². The minimum absolute atomic E-state index is 0.376. The monoisotopic (exact) mass is 265 g/mol. The Morgan fingerprint density at radius 3 is 2.89 bits per heavy atom. The summed E-state index contributed by atoms with van der Waals surface area (Å²) in [5, 5.41) is 0.973. The number of nitrogens with zero attached hydrogens (tertiary/aromatic N) is 3. The van der Waals surface area contributed by atoms with E-state index in [-0.39, 0.29) is 0 Å². The topological polar surface area (TPSA) is 38.2 Å². The van der Waals surface area contributed by atoms with Crippen molar-refractivity contribution in [2.45, 2.75) is 33.1 Å². The van der Waals surface area contributed by atoms with Gasteiger partial charge in [-0.05, 0) is 18.8 Å². The van der Waals surface area contributed by atoms with Crippen LogP contribution in [0.4, 0.5) is 5.13 Å². The van der Waals surface area contributed by atoms with Gasteiger partial charge in [0, 0.05) is 31.0 Å². The van der Waals surface area contributed by atoms with Gasteiger partial charge in [0.25, 0.3) is 0 Å². The number of ether oxygens (including phenoxy) is 1. The maximum atomic E-state index is 5.39. The maximum absolute atomic E-state index is 5.39. The van der Waals surface area contributed by atoms with Gasteiger partial charge in [-0.1, -0.05) is 19.8 Å². The van der Waals surface area contributed by atoms with Crippen LogP contribution in [0.25, 0.3) is 0 Å². The highest BCUT2D eigenvalue weighted by Crippen LogP contribution is 2.26. The molecule has 1 fully saturated rings. The van der Waals surface area contributed by atoms with E-state index in [1.54, 1.807) is 0 Å². The first-order valence-corrected chi connectivity index (χ1v) is 7.24. The van der Waals surface area contributed by atoms with E-state index in [1.165, 1.54) is 24.4 Å². The quantitative estimate of drug-likeness (QED) is 0.787. The number of rotatable bonds is 3. The summed E-state index contributed by atoms with van der Waals surface area (Å²) in [6.07, 6.45) is 3.32. The first kappa shape index (κ1) is 13.2. The van der Waals surface area contributed by atoms with Gasteiger partial charge >= 0.3 is 6.01 Å². The fraction of sp³-hybridized carbons (Fsp3) is 0.692. The highest BCUT2D eigenvalue weighted by molar-refractivity contribution is 7.09. The third-order valence-corrected chi connectivity index (χ3v) is 3.79. The lowest BCUT2D eigenvalue weighted by Crippen LogP contribution is -2.32. The molecule has 0 aromatic carbocycles. The number of aromatic nitrogens is 2. The lowest BCUT2D eigenvalue weighted by Gasteiger charge is -2.29. The van der Waals surface area contributed by atoms with Crippen LogP contribution in [-0.4, -0.2) is 29.1 Å². The van der Waals surface area contributed by atoms with Crippen LogP contribution >= 0.6 is 11.5 Å². The maximum Gasteiger partial charge on any atom is 0.331 e. The Bertz CT molecular complexity index is 427. The fourth-order valence-electron chi connectivity index (χ4n) is 1.87. The molecule has 0 atom stereocenters. The molecule has 0 N–H and O–H groups in total. The number of hydrogen-bond donors (Lipinski definition) is 0. The van der Waals surface area contributed by atoms with Gasteiger partial charge in [-0.2, -0.15) is 4.98 Å². The van der Waals surface area contributed by atoms with E-state index in [1.807, 2.05) is 6.92 Å². The summed E-state index contributed by atoms with van der Waals surface area (Å²) < 4.78 is 9.60. The average Bonchev–Trinajstić information content (AvgIpc) is 2.84. The predicted molar refractivity (Wildman–Crippen MR) is 74.1 cm³/mol. The van der Waals surface area contributed by atoms with E-state index in [4.69, 9.17) is 4.74 Å². The van der Waals surface area contributed by atoms with Crippen molar-refractivity contribution in [3.8, 4) is 17.9 Å². The summed E-state index contributed by atoms with van der Waals surface area (Å²) in [5.74, 6) is 6.70. The fourth-order valence-corrected chi connectivity index (χ4v) is 2.54. The minimum atomic E-state index is 0.376. The third-order valence-electron chi connectivity index (χ3n) is 3.03. The summed E-state index contributed by atoms with van der Waals surface area (Å²) in [7, 11) is 0. The van der Waals surface area contributed by atoms with Crippen LogP contribution in [0.2, 0.25) is 0 Å². The molecule has 18 heavy (non-hydrogen) atoms. The van der Waals surface area contributed by atoms with Crippen molar-refractivity contribution in [1.82, 2.24) is 9.36 Å². The lowest BCUT2D eigenvalue weighted by molar-refractivity contribution is 0.344. The molecule has 0 bridgehead atoms. The molecule has 0 unspecified atom stereocenters. The first-order chi connectivity index (χ1) is 8.79. The molecular formula is C13H19N3OS. The zero-order valence-corrected chi connectivity index (χ0v) is 11.8. The van der Waals surface area contributed by atoms with Crippen LogP contribution in [0.5, 0.6) is 6.01 Å². The summed E-state index contributed by atoms with van der Waals surface area (Å²) in [6.45, 7) is 6.85. The highest BCUT2D eigenvalue weighted by Gasteiger charge is 2.19. The molecule has 1 aliphatic rings. The average molecular weight is 265 g/mol. The summed E-state index contributed by atoms with van der Waals surface area (Å²) in [5.41, 5.74) is 0. The van der Waals surface area contributed by atoms with E-state index in [0.717, 1.165) is 30.6 Å². The zero-order chi connectivity index (χ0) is 12.8. The Labute approximate surface area is 113 Å². The number of anilines is 1. The van der Waals surface area contributed by atoms with Gasteiger partial charge in [0.15, 0.2) is 6.61 Å². The normalized spacial score (nSPS) is 16.2. The molecule has 1 aliphatic heterocycles. The van der Waals surface area contributed by atoms with Crippen LogP contribution in [0.1, 0.15) is 33.1 Å². The van der Waals surface area contributed by atoms with Gasteiger partial charge in [-0.15, -0.1) is 10.3 Å². The first-order valence-electron chi connectivity index (χ1n) is 6.46. The minimum Gasteiger partial charge on any atom is -0.450 e. The molecule has 1 saturated heterocycles. The number of piperidine rings is 1. The highest BCUT2D eigenvalue weighted by atomic mass is 32.1. The van der Waals surface area contributed by atoms with Gasteiger partial charge in [0.05, 0.1) is 0 Å². The van der Waals surface area contributed by atoms with Crippen molar-refractivity contribution in [2.24, 2.45) is 5.92 Å². The molecule has 0 spiro atoms. The Morgan fingerprint density at radius 1 is 1.39 bits per heavy atom. The van der Waals surface area contributed by atoms with Gasteiger partial charge in [0.2, 0.25) is 5.13 Å². The van der Waals surface area contributed by atoms with Crippen molar-refractivity contribution >= 4 is 16.7 Å². The van der Waals surface area contributed by atoms with Gasteiger partial charge in [-0.25, -0.2) is 0 Å². The molecule has 0 amide bonds. The zero-order valence-electron chi connectivity index (χ0n) is 11.0. The Hall–Kier alpha value is -1.28. The summed E-state index contributed by atoms with van der Waals surface area (Å²) >= 11 is 1.41. The van der Waals surface area contributed by atoms with Crippen molar-refractivity contribution < 1.29 is 4.74 Å². The van der Waals surface area contributed by atoms with Crippen molar-refractivity contribution in [3.05, 3.63) is 0 Å². The van der Waals surface area contributed by atoms with Gasteiger partial charge in [0.1, 0.15) is 0 Å². The van der Waals surface area contributed by atoms with Crippen LogP contribution in [0.3, 0.4) is 0 Å². The molecule has 98 valence electrons. The van der Waals surface area contributed by atoms with E-state index in [0.29, 0.717) is 12.6 Å². The summed E-state index contributed by atoms with van der Waals surface area (Å²) in [4.78, 5) is 6.69. The molecule has 0 saturated carbocycles. The second-order valence-corrected chi connectivity index (χ2v) is 5.26. The molecule has 0 radical (unpaired) electrons. The van der Waals surface area contributed by atoms with Gasteiger partial charge < -0.3 is 9.64 Å². The molecule has 2 rings (SSSR count). The molecule has 5 heteroatoms. The van der Waals surface area contributed by atoms with Gasteiger partial charge in [-0.3, -0.25) is 0 Å². The standard InChI is InChI=1S/C13H19N3OS/c1-3-4-5-10-17-12-14-13(18-15-12)16-8-6-11(2)7-9-16/h11H,3,6-10H2,1-2H3. The molecule has 1 aromatic rings. The lowest BCUT2D eigenvalue weighted by atomic mass is 10.00. The van der Waals surface area contributed by atoms with Crippen LogP contribution in [-0.2, 0) is 0 Å². The second-order valence-electron chi connectivity index (χ2n) is 4.52. The van der Waals surface area contributed by atoms with Crippen LogP contribution in [0.15, 0.2) is 0 Å². The third kappa shape index (κ3) is 3.61. The molecule has 2 heterocycles. The Kier molecular flexibility index (Phi) is 4.82. The van der Waals surface area contributed by atoms with E-state index in [2.05, 4.69) is 33.0 Å². The largest absolute Gasteiger partial charge is 0.450 e. The molecular weight excluding hydrogens is 246 g/mol. The van der Waals surface area contributed by atoms with Crippen LogP contribution in [0, 0.1) is 17.8 Å². The Balaban J connectivity index is 1.85. The van der Waals surface area contributed by atoms with E-state index < -0.39 is 0 Å². The second kappa shape index (κ2) is 6.60. The van der Waals surface area contributed by atoms with E-state index >= 15 is 0 Å². The van der Waals surface area contributed by atoms with Crippen LogP contribution < -0.4 is 9.64 Å². The van der Waals surface area contributed by atoms with Crippen molar-refractivity contribution in [2.75, 3.05) is 24.6 Å². The smallest absolute Gasteiger partial charge is 0.331 e. The summed E-state index contributed by atoms with van der Waals surface area (Å²) in [6, 6.07) is 0.457. The van der Waals surface area contributed by atoms with Crippen molar-refractivity contribution in [3.63, 3.8) is 0 Å². The molecule has 0 aliphatic carbocycles. The molecule has 1 aromatic heterocycles. The van der Waals surface area contributed by atoms with E-state index in [9.17, 15) is 0 Å². The predicted octanol–water partition coefficient (Wildman–Crippen LogP) is 2.57. The number of hydrogen-bond acceptors (Lipinski definition) is 5.